The lowest BCUT2D eigenvalue weighted by Gasteiger charge is -2.56. The van der Waals surface area contributed by atoms with Gasteiger partial charge in [-0.3, -0.25) is 9.59 Å². The van der Waals surface area contributed by atoms with Gasteiger partial charge in [0, 0.05) is 43.0 Å². The SMILES string of the molecule is CCC[C@H]1[C@H]2C[C@H](CN(C(=O)c3c(C)nn4c(C)cc(C)nc34)C2)[C@@H]2CCCC(=O)N21. The highest BCUT2D eigenvalue weighted by Gasteiger charge is 2.49. The van der Waals surface area contributed by atoms with E-state index in [1.165, 1.54) is 0 Å². The normalized spacial score (nSPS) is 28.2. The molecule has 31 heavy (non-hydrogen) atoms. The van der Waals surface area contributed by atoms with Gasteiger partial charge in [-0.2, -0.15) is 5.10 Å². The molecule has 4 atom stereocenters. The van der Waals surface area contributed by atoms with Crippen LogP contribution in [0.25, 0.3) is 5.65 Å². The third-order valence-corrected chi connectivity index (χ3v) is 7.65. The van der Waals surface area contributed by atoms with Crippen LogP contribution < -0.4 is 0 Å². The lowest BCUT2D eigenvalue weighted by molar-refractivity contribution is -0.152. The second-order valence-electron chi connectivity index (χ2n) is 9.82. The minimum atomic E-state index is 0.0468. The van der Waals surface area contributed by atoms with Crippen LogP contribution in [0.2, 0.25) is 0 Å². The van der Waals surface area contributed by atoms with Gasteiger partial charge in [-0.05, 0) is 64.4 Å². The maximum atomic E-state index is 13.8. The van der Waals surface area contributed by atoms with E-state index in [0.29, 0.717) is 35.4 Å². The summed E-state index contributed by atoms with van der Waals surface area (Å²) in [5, 5.41) is 4.62. The smallest absolute Gasteiger partial charge is 0.259 e. The van der Waals surface area contributed by atoms with Crippen molar-refractivity contribution >= 4 is 17.5 Å². The second-order valence-corrected chi connectivity index (χ2v) is 9.82. The van der Waals surface area contributed by atoms with E-state index >= 15 is 0 Å². The van der Waals surface area contributed by atoms with E-state index in [9.17, 15) is 9.59 Å². The highest BCUT2D eigenvalue weighted by molar-refractivity contribution is 6.01. The molecule has 5 rings (SSSR count). The van der Waals surface area contributed by atoms with Gasteiger partial charge < -0.3 is 9.80 Å². The van der Waals surface area contributed by atoms with Crippen molar-refractivity contribution in [3.63, 3.8) is 0 Å². The average molecular weight is 424 g/mol. The van der Waals surface area contributed by atoms with Crippen LogP contribution in [0.5, 0.6) is 0 Å². The summed E-state index contributed by atoms with van der Waals surface area (Å²) in [6.45, 7) is 9.50. The Hall–Kier alpha value is -2.44. The monoisotopic (exact) mass is 423 g/mol. The van der Waals surface area contributed by atoms with Crippen molar-refractivity contribution in [1.29, 1.82) is 0 Å². The van der Waals surface area contributed by atoms with Crippen molar-refractivity contribution in [2.75, 3.05) is 13.1 Å². The van der Waals surface area contributed by atoms with Crippen molar-refractivity contribution in [2.24, 2.45) is 11.8 Å². The number of hydrogen-bond acceptors (Lipinski definition) is 4. The Morgan fingerprint density at radius 1 is 1.19 bits per heavy atom. The van der Waals surface area contributed by atoms with Gasteiger partial charge >= 0.3 is 0 Å². The van der Waals surface area contributed by atoms with E-state index in [1.54, 1.807) is 4.52 Å². The van der Waals surface area contributed by atoms with E-state index in [4.69, 9.17) is 0 Å². The number of aromatic nitrogens is 3. The number of fused-ring (bicyclic) bond motifs is 5. The Labute approximate surface area is 183 Å². The van der Waals surface area contributed by atoms with Gasteiger partial charge in [-0.1, -0.05) is 13.3 Å². The van der Waals surface area contributed by atoms with Gasteiger partial charge in [0.1, 0.15) is 5.56 Å². The third-order valence-electron chi connectivity index (χ3n) is 7.65. The number of nitrogens with zero attached hydrogens (tertiary/aromatic N) is 5. The molecule has 7 nitrogen and oxygen atoms in total. The van der Waals surface area contributed by atoms with Crippen molar-refractivity contribution in [3.05, 3.63) is 28.7 Å². The van der Waals surface area contributed by atoms with Gasteiger partial charge in [-0.15, -0.1) is 0 Å². The summed E-state index contributed by atoms with van der Waals surface area (Å²) >= 11 is 0. The first-order valence-corrected chi connectivity index (χ1v) is 11.8. The van der Waals surface area contributed by atoms with Crippen LogP contribution in [-0.2, 0) is 4.79 Å². The highest BCUT2D eigenvalue weighted by Crippen LogP contribution is 2.43. The average Bonchev–Trinajstić information content (AvgIpc) is 3.06. The number of piperidine rings is 3. The molecule has 166 valence electrons. The Bertz CT molecular complexity index is 1040. The van der Waals surface area contributed by atoms with Gasteiger partial charge in [0.15, 0.2) is 5.65 Å². The number of aryl methyl sites for hydroxylation is 3. The summed E-state index contributed by atoms with van der Waals surface area (Å²) in [5.41, 5.74) is 3.92. The van der Waals surface area contributed by atoms with Crippen LogP contribution in [-0.4, -0.2) is 61.4 Å². The standard InChI is InChI=1S/C24H33N5O2/c1-5-7-19-17-11-18(20-8-6-9-21(30)28(19)20)13-27(12-17)24(31)22-16(4)26-29-15(3)10-14(2)25-23(22)29/h10,17-20H,5-9,11-13H2,1-4H3/t17-,18+,19-,20-/m0/s1. The third kappa shape index (κ3) is 3.24. The molecular weight excluding hydrogens is 390 g/mol. The number of likely N-dealkylation sites (tertiary alicyclic amines) is 1. The molecule has 3 aliphatic heterocycles. The Morgan fingerprint density at radius 2 is 1.97 bits per heavy atom. The zero-order chi connectivity index (χ0) is 21.9. The zero-order valence-electron chi connectivity index (χ0n) is 19.1. The molecule has 0 saturated carbocycles. The number of carbonyl (C=O) groups is 2. The number of rotatable bonds is 3. The predicted octanol–water partition coefficient (Wildman–Crippen LogP) is 3.30. The van der Waals surface area contributed by atoms with Crippen LogP contribution in [0.1, 0.15) is 72.9 Å². The maximum Gasteiger partial charge on any atom is 0.259 e. The fourth-order valence-corrected chi connectivity index (χ4v) is 6.44. The van der Waals surface area contributed by atoms with Crippen LogP contribution in [0, 0.1) is 32.6 Å². The molecule has 0 radical (unpaired) electrons. The van der Waals surface area contributed by atoms with Crippen molar-refractivity contribution < 1.29 is 9.59 Å². The van der Waals surface area contributed by atoms with Crippen LogP contribution in [0.4, 0.5) is 0 Å². The summed E-state index contributed by atoms with van der Waals surface area (Å²) in [7, 11) is 0. The molecule has 2 bridgehead atoms. The first-order chi connectivity index (χ1) is 14.9. The van der Waals surface area contributed by atoms with E-state index in [0.717, 1.165) is 62.3 Å². The van der Waals surface area contributed by atoms with Crippen LogP contribution >= 0.6 is 0 Å². The summed E-state index contributed by atoms with van der Waals surface area (Å²) in [4.78, 5) is 35.6. The molecule has 3 fully saturated rings. The van der Waals surface area contributed by atoms with Crippen molar-refractivity contribution in [1.82, 2.24) is 24.4 Å². The van der Waals surface area contributed by atoms with E-state index in [2.05, 4.69) is 21.9 Å². The number of hydrogen-bond donors (Lipinski definition) is 0. The minimum Gasteiger partial charge on any atom is -0.338 e. The zero-order valence-corrected chi connectivity index (χ0v) is 19.1. The molecule has 0 N–H and O–H groups in total. The van der Waals surface area contributed by atoms with E-state index in [1.807, 2.05) is 31.7 Å². The van der Waals surface area contributed by atoms with Gasteiger partial charge in [0.25, 0.3) is 5.91 Å². The first kappa shape index (κ1) is 20.5. The quantitative estimate of drug-likeness (QED) is 0.760. The molecule has 3 aliphatic rings. The molecular formula is C24H33N5O2. The second kappa shape index (κ2) is 7.61. The minimum absolute atomic E-state index is 0.0468. The fourth-order valence-electron chi connectivity index (χ4n) is 6.44. The molecule has 0 aromatic carbocycles. The first-order valence-electron chi connectivity index (χ1n) is 11.8. The Kier molecular flexibility index (Phi) is 5.02. The largest absolute Gasteiger partial charge is 0.338 e. The summed E-state index contributed by atoms with van der Waals surface area (Å²) in [6, 6.07) is 2.54. The molecule has 7 heteroatoms. The number of amides is 2. The predicted molar refractivity (Wildman–Crippen MR) is 118 cm³/mol. The molecule has 2 aromatic heterocycles. The molecule has 2 amide bonds. The molecule has 2 aromatic rings. The Morgan fingerprint density at radius 3 is 2.74 bits per heavy atom. The number of carbonyl (C=O) groups excluding carboxylic acids is 2. The maximum absolute atomic E-state index is 13.8. The summed E-state index contributed by atoms with van der Waals surface area (Å²) in [6.07, 6.45) is 5.95. The lowest BCUT2D eigenvalue weighted by atomic mass is 9.71. The van der Waals surface area contributed by atoms with Crippen molar-refractivity contribution in [3.8, 4) is 0 Å². The van der Waals surface area contributed by atoms with E-state index < -0.39 is 0 Å². The fraction of sp³-hybridized carbons (Fsp3) is 0.667. The van der Waals surface area contributed by atoms with Crippen LogP contribution in [0.3, 0.4) is 0 Å². The van der Waals surface area contributed by atoms with Gasteiger partial charge in [0.2, 0.25) is 5.91 Å². The topological polar surface area (TPSA) is 70.8 Å². The molecule has 5 heterocycles. The highest BCUT2D eigenvalue weighted by atomic mass is 16.2. The summed E-state index contributed by atoms with van der Waals surface area (Å²) < 4.78 is 1.79. The lowest BCUT2D eigenvalue weighted by Crippen LogP contribution is -2.65. The van der Waals surface area contributed by atoms with Gasteiger partial charge in [0.05, 0.1) is 5.69 Å². The van der Waals surface area contributed by atoms with E-state index in [-0.39, 0.29) is 18.0 Å². The molecule has 3 saturated heterocycles. The molecule has 0 unspecified atom stereocenters. The van der Waals surface area contributed by atoms with Crippen molar-refractivity contribution in [2.45, 2.75) is 78.3 Å². The van der Waals surface area contributed by atoms with Crippen LogP contribution in [0.15, 0.2) is 6.07 Å². The Balaban J connectivity index is 1.49. The summed E-state index contributed by atoms with van der Waals surface area (Å²) in [5.74, 6) is 1.11. The molecule has 0 spiro atoms. The van der Waals surface area contributed by atoms with Gasteiger partial charge in [-0.25, -0.2) is 9.50 Å². The molecule has 0 aliphatic carbocycles.